The summed E-state index contributed by atoms with van der Waals surface area (Å²) in [5, 5.41) is 9.30. The molecule has 0 saturated carbocycles. The van der Waals surface area contributed by atoms with Crippen molar-refractivity contribution in [1.82, 2.24) is 0 Å². The molecule has 0 fully saturated rings. The second-order valence-electron chi connectivity index (χ2n) is 6.37. The molecule has 2 nitrogen and oxygen atoms in total. The summed E-state index contributed by atoms with van der Waals surface area (Å²) in [5.41, 5.74) is 0. The van der Waals surface area contributed by atoms with Crippen LogP contribution < -0.4 is 4.74 Å². The van der Waals surface area contributed by atoms with Crippen LogP contribution in [0.15, 0.2) is 24.3 Å². The Morgan fingerprint density at radius 2 is 1.41 bits per heavy atom. The zero-order valence-electron chi connectivity index (χ0n) is 14.5. The molecule has 126 valence electrons. The maximum Gasteiger partial charge on any atom is 0.119 e. The highest BCUT2D eigenvalue weighted by atomic mass is 16.5. The van der Waals surface area contributed by atoms with E-state index in [0.717, 1.165) is 12.4 Å². The standard InChI is InChI=1S/C20H34O2/c1-3-5-7-8-9-10-12-18(11-6-4-2)17-22-20-15-13-19(21)14-16-20/h13-16,18,21H,3-12,17H2,1-2H3. The first-order chi connectivity index (χ1) is 10.8. The summed E-state index contributed by atoms with van der Waals surface area (Å²) >= 11 is 0. The molecule has 1 rings (SSSR count). The van der Waals surface area contributed by atoms with Gasteiger partial charge in [-0.2, -0.15) is 0 Å². The normalized spacial score (nSPS) is 12.3. The first-order valence-corrected chi connectivity index (χ1v) is 9.18. The highest BCUT2D eigenvalue weighted by molar-refractivity contribution is 5.30. The molecule has 0 aliphatic rings. The summed E-state index contributed by atoms with van der Waals surface area (Å²) < 4.78 is 5.90. The van der Waals surface area contributed by atoms with Crippen molar-refractivity contribution in [3.63, 3.8) is 0 Å². The van der Waals surface area contributed by atoms with Gasteiger partial charge in [0.05, 0.1) is 6.61 Å². The van der Waals surface area contributed by atoms with E-state index in [2.05, 4.69) is 13.8 Å². The van der Waals surface area contributed by atoms with Gasteiger partial charge in [0.25, 0.3) is 0 Å². The number of ether oxygens (including phenoxy) is 1. The smallest absolute Gasteiger partial charge is 0.119 e. The Morgan fingerprint density at radius 3 is 2.09 bits per heavy atom. The predicted octanol–water partition coefficient (Wildman–Crippen LogP) is 6.33. The molecule has 22 heavy (non-hydrogen) atoms. The first-order valence-electron chi connectivity index (χ1n) is 9.18. The van der Waals surface area contributed by atoms with Gasteiger partial charge in [-0.3, -0.25) is 0 Å². The lowest BCUT2D eigenvalue weighted by molar-refractivity contribution is 0.225. The molecule has 0 spiro atoms. The second kappa shape index (κ2) is 12.4. The van der Waals surface area contributed by atoms with Crippen LogP contribution in [0.5, 0.6) is 11.5 Å². The predicted molar refractivity (Wildman–Crippen MR) is 94.6 cm³/mol. The van der Waals surface area contributed by atoms with Crippen LogP contribution in [0.3, 0.4) is 0 Å². The average molecular weight is 306 g/mol. The molecule has 0 bridgehead atoms. The Morgan fingerprint density at radius 1 is 0.818 bits per heavy atom. The van der Waals surface area contributed by atoms with Crippen molar-refractivity contribution in [1.29, 1.82) is 0 Å². The van der Waals surface area contributed by atoms with Crippen molar-refractivity contribution in [3.8, 4) is 11.5 Å². The van der Waals surface area contributed by atoms with Crippen LogP contribution in [0.4, 0.5) is 0 Å². The average Bonchev–Trinajstić information content (AvgIpc) is 2.54. The Hall–Kier alpha value is -1.18. The van der Waals surface area contributed by atoms with Crippen LogP contribution >= 0.6 is 0 Å². The molecule has 0 heterocycles. The van der Waals surface area contributed by atoms with Gasteiger partial charge < -0.3 is 9.84 Å². The number of hydrogen-bond acceptors (Lipinski definition) is 2. The first kappa shape index (κ1) is 18.9. The van der Waals surface area contributed by atoms with Gasteiger partial charge in [0.2, 0.25) is 0 Å². The van der Waals surface area contributed by atoms with Crippen molar-refractivity contribution >= 4 is 0 Å². The van der Waals surface area contributed by atoms with E-state index in [1.807, 2.05) is 12.1 Å². The molecule has 1 aromatic rings. The zero-order valence-corrected chi connectivity index (χ0v) is 14.5. The fourth-order valence-corrected chi connectivity index (χ4v) is 2.77. The molecule has 0 amide bonds. The van der Waals surface area contributed by atoms with E-state index in [1.54, 1.807) is 12.1 Å². The molecule has 0 aromatic heterocycles. The van der Waals surface area contributed by atoms with Gasteiger partial charge in [0.1, 0.15) is 11.5 Å². The summed E-state index contributed by atoms with van der Waals surface area (Å²) in [4.78, 5) is 0. The van der Waals surface area contributed by atoms with Gasteiger partial charge in [-0.1, -0.05) is 65.2 Å². The van der Waals surface area contributed by atoms with Gasteiger partial charge >= 0.3 is 0 Å². The van der Waals surface area contributed by atoms with E-state index in [9.17, 15) is 5.11 Å². The molecule has 1 N–H and O–H groups in total. The molecule has 0 saturated heterocycles. The zero-order chi connectivity index (χ0) is 16.0. The van der Waals surface area contributed by atoms with Crippen LogP contribution in [0.2, 0.25) is 0 Å². The summed E-state index contributed by atoms with van der Waals surface area (Å²) in [5.74, 6) is 1.82. The third kappa shape index (κ3) is 8.96. The number of unbranched alkanes of at least 4 members (excludes halogenated alkanes) is 6. The lowest BCUT2D eigenvalue weighted by atomic mass is 9.96. The van der Waals surface area contributed by atoms with E-state index in [0.29, 0.717) is 11.7 Å². The molecule has 0 radical (unpaired) electrons. The molecule has 2 heteroatoms. The number of hydrogen-bond donors (Lipinski definition) is 1. The number of rotatable bonds is 13. The lowest BCUT2D eigenvalue weighted by Crippen LogP contribution is -2.12. The molecule has 1 aromatic carbocycles. The fraction of sp³-hybridized carbons (Fsp3) is 0.700. The highest BCUT2D eigenvalue weighted by Gasteiger charge is 2.09. The summed E-state index contributed by atoms with van der Waals surface area (Å²) in [6.45, 7) is 5.32. The molecular weight excluding hydrogens is 272 g/mol. The summed E-state index contributed by atoms with van der Waals surface area (Å²) in [7, 11) is 0. The van der Waals surface area contributed by atoms with Crippen molar-refractivity contribution < 1.29 is 9.84 Å². The number of aromatic hydroxyl groups is 1. The topological polar surface area (TPSA) is 29.5 Å². The maximum absolute atomic E-state index is 9.30. The molecule has 0 aliphatic carbocycles. The summed E-state index contributed by atoms with van der Waals surface area (Å²) in [6.07, 6.45) is 13.3. The van der Waals surface area contributed by atoms with Gasteiger partial charge in [0, 0.05) is 0 Å². The molecule has 0 aliphatic heterocycles. The second-order valence-corrected chi connectivity index (χ2v) is 6.37. The van der Waals surface area contributed by atoms with E-state index >= 15 is 0 Å². The Balaban J connectivity index is 2.25. The van der Waals surface area contributed by atoms with Gasteiger partial charge in [-0.25, -0.2) is 0 Å². The van der Waals surface area contributed by atoms with E-state index in [-0.39, 0.29) is 0 Å². The van der Waals surface area contributed by atoms with E-state index in [1.165, 1.54) is 64.2 Å². The third-order valence-electron chi connectivity index (χ3n) is 4.25. The van der Waals surface area contributed by atoms with Gasteiger partial charge in [0.15, 0.2) is 0 Å². The number of phenols is 1. The van der Waals surface area contributed by atoms with Crippen LogP contribution in [-0.2, 0) is 0 Å². The van der Waals surface area contributed by atoms with Crippen LogP contribution in [0, 0.1) is 5.92 Å². The van der Waals surface area contributed by atoms with Crippen LogP contribution in [-0.4, -0.2) is 11.7 Å². The minimum atomic E-state index is 0.293. The Kier molecular flexibility index (Phi) is 10.6. The van der Waals surface area contributed by atoms with Gasteiger partial charge in [-0.15, -0.1) is 0 Å². The minimum Gasteiger partial charge on any atom is -0.508 e. The molecule has 1 atom stereocenters. The fourth-order valence-electron chi connectivity index (χ4n) is 2.77. The minimum absolute atomic E-state index is 0.293. The largest absolute Gasteiger partial charge is 0.508 e. The number of phenolic OH excluding ortho intramolecular Hbond substituents is 1. The maximum atomic E-state index is 9.30. The van der Waals surface area contributed by atoms with Crippen molar-refractivity contribution in [2.45, 2.75) is 78.1 Å². The lowest BCUT2D eigenvalue weighted by Gasteiger charge is -2.17. The SMILES string of the molecule is CCCCCCCCC(CCCC)COc1ccc(O)cc1. The summed E-state index contributed by atoms with van der Waals surface area (Å²) in [6, 6.07) is 7.06. The molecular formula is C20H34O2. The van der Waals surface area contributed by atoms with E-state index in [4.69, 9.17) is 4.74 Å². The number of benzene rings is 1. The molecule has 1 unspecified atom stereocenters. The van der Waals surface area contributed by atoms with Crippen molar-refractivity contribution in [3.05, 3.63) is 24.3 Å². The Bertz CT molecular complexity index is 358. The van der Waals surface area contributed by atoms with Gasteiger partial charge in [-0.05, 0) is 43.0 Å². The van der Waals surface area contributed by atoms with Crippen molar-refractivity contribution in [2.75, 3.05) is 6.61 Å². The monoisotopic (exact) mass is 306 g/mol. The van der Waals surface area contributed by atoms with Crippen LogP contribution in [0.25, 0.3) is 0 Å². The highest BCUT2D eigenvalue weighted by Crippen LogP contribution is 2.21. The van der Waals surface area contributed by atoms with Crippen molar-refractivity contribution in [2.24, 2.45) is 5.92 Å². The van der Waals surface area contributed by atoms with E-state index < -0.39 is 0 Å². The van der Waals surface area contributed by atoms with Crippen LogP contribution in [0.1, 0.15) is 78.1 Å². The Labute approximate surface area is 136 Å². The third-order valence-corrected chi connectivity index (χ3v) is 4.25. The quantitative estimate of drug-likeness (QED) is 0.432.